The Morgan fingerprint density at radius 3 is 1.44 bits per heavy atom. The molecule has 0 unspecified atom stereocenters. The Balaban J connectivity index is 2.82. The zero-order valence-corrected chi connectivity index (χ0v) is 10.2. The van der Waals surface area contributed by atoms with Crippen molar-refractivity contribution in [2.75, 3.05) is 0 Å². The van der Waals surface area contributed by atoms with Gasteiger partial charge in [0.1, 0.15) is 0 Å². The van der Waals surface area contributed by atoms with Gasteiger partial charge in [-0.2, -0.15) is 0 Å². The van der Waals surface area contributed by atoms with Gasteiger partial charge in [0.25, 0.3) is 10.9 Å². The molecular weight excluding hydrogens is 208 g/mol. The van der Waals surface area contributed by atoms with Gasteiger partial charge < -0.3 is 9.47 Å². The number of hydrogen-bond acceptors (Lipinski definition) is 4. The van der Waals surface area contributed by atoms with E-state index in [-0.39, 0.29) is 23.7 Å². The molecule has 0 amide bonds. The summed E-state index contributed by atoms with van der Waals surface area (Å²) in [6, 6.07) is 0. The third kappa shape index (κ3) is 2.43. The Labute approximate surface area is 94.9 Å². The smallest absolute Gasteiger partial charge is 0.275 e. The van der Waals surface area contributed by atoms with Crippen LogP contribution < -0.4 is 20.3 Å². The van der Waals surface area contributed by atoms with Gasteiger partial charge in [-0.1, -0.05) is 13.8 Å². The van der Waals surface area contributed by atoms with E-state index < -0.39 is 10.9 Å². The maximum absolute atomic E-state index is 11.3. The van der Waals surface area contributed by atoms with Crippen LogP contribution in [-0.2, 0) is 0 Å². The van der Waals surface area contributed by atoms with Crippen LogP contribution in [0.3, 0.4) is 0 Å². The number of hydrogen-bond donors (Lipinski definition) is 0. The van der Waals surface area contributed by atoms with Crippen LogP contribution in [0.2, 0.25) is 0 Å². The van der Waals surface area contributed by atoms with E-state index in [4.69, 9.17) is 9.47 Å². The summed E-state index contributed by atoms with van der Waals surface area (Å²) >= 11 is 0. The van der Waals surface area contributed by atoms with Crippen molar-refractivity contribution >= 4 is 0 Å². The lowest BCUT2D eigenvalue weighted by molar-refractivity contribution is 0.168. The molecule has 0 aromatic heterocycles. The first kappa shape index (κ1) is 12.7. The molecule has 0 heterocycles. The number of ether oxygens (including phenoxy) is 2. The van der Waals surface area contributed by atoms with Crippen LogP contribution in [0.4, 0.5) is 0 Å². The molecule has 0 aliphatic heterocycles. The molecule has 0 aliphatic rings. The molecule has 0 aliphatic carbocycles. The van der Waals surface area contributed by atoms with Gasteiger partial charge in [-0.3, -0.25) is 9.59 Å². The second-order valence-corrected chi connectivity index (χ2v) is 3.99. The molecule has 0 radical (unpaired) electrons. The molecule has 0 bridgehead atoms. The molecule has 1 aromatic rings. The predicted molar refractivity (Wildman–Crippen MR) is 62.1 cm³/mol. The average Bonchev–Trinajstić information content (AvgIpc) is 2.31. The molecule has 0 saturated heterocycles. The van der Waals surface area contributed by atoms with Crippen LogP contribution in [0, 0.1) is 0 Å². The zero-order valence-electron chi connectivity index (χ0n) is 10.2. The molecule has 4 heteroatoms. The highest BCUT2D eigenvalue weighted by Crippen LogP contribution is 2.23. The van der Waals surface area contributed by atoms with Crippen molar-refractivity contribution in [3.05, 3.63) is 20.4 Å². The Bertz CT molecular complexity index is 375. The van der Waals surface area contributed by atoms with E-state index >= 15 is 0 Å². The first-order chi connectivity index (χ1) is 7.51. The molecule has 4 nitrogen and oxygen atoms in total. The third-order valence-corrected chi connectivity index (χ3v) is 2.61. The first-order valence-electron chi connectivity index (χ1n) is 5.67. The Kier molecular flexibility index (Phi) is 4.10. The summed E-state index contributed by atoms with van der Waals surface area (Å²) in [4.78, 5) is 22.6. The Morgan fingerprint density at radius 2 is 1.19 bits per heavy atom. The summed E-state index contributed by atoms with van der Waals surface area (Å²) in [6.45, 7) is 7.60. The molecule has 0 fully saturated rings. The van der Waals surface area contributed by atoms with Crippen molar-refractivity contribution in [2.45, 2.75) is 52.7 Å². The lowest BCUT2D eigenvalue weighted by atomic mass is 10.2. The summed E-state index contributed by atoms with van der Waals surface area (Å²) in [7, 11) is 0. The van der Waals surface area contributed by atoms with Gasteiger partial charge in [0.15, 0.2) is 0 Å². The van der Waals surface area contributed by atoms with Crippen LogP contribution >= 0.6 is 0 Å². The monoisotopic (exact) mass is 226 g/mol. The van der Waals surface area contributed by atoms with Gasteiger partial charge in [-0.05, 0) is 26.7 Å². The molecule has 1 aromatic carbocycles. The molecule has 1 rings (SSSR count). The summed E-state index contributed by atoms with van der Waals surface area (Å²) in [6.07, 6.45) is 1.40. The minimum absolute atomic E-state index is 0.0809. The topological polar surface area (TPSA) is 52.6 Å². The summed E-state index contributed by atoms with van der Waals surface area (Å²) in [5.41, 5.74) is -1.14. The average molecular weight is 226 g/mol. The van der Waals surface area contributed by atoms with Gasteiger partial charge in [0.2, 0.25) is 11.5 Å². The molecule has 2 atom stereocenters. The fourth-order valence-electron chi connectivity index (χ4n) is 1.13. The van der Waals surface area contributed by atoms with E-state index in [0.717, 1.165) is 12.8 Å². The highest BCUT2D eigenvalue weighted by atomic mass is 16.5. The van der Waals surface area contributed by atoms with E-state index in [1.807, 2.05) is 27.7 Å². The van der Waals surface area contributed by atoms with E-state index in [1.165, 1.54) is 0 Å². The van der Waals surface area contributed by atoms with Gasteiger partial charge >= 0.3 is 0 Å². The van der Waals surface area contributed by atoms with Crippen molar-refractivity contribution in [1.82, 2.24) is 0 Å². The van der Waals surface area contributed by atoms with Crippen molar-refractivity contribution < 1.29 is 9.47 Å². The molecule has 16 heavy (non-hydrogen) atoms. The summed E-state index contributed by atoms with van der Waals surface area (Å²) < 4.78 is 10.7. The van der Waals surface area contributed by atoms with E-state index in [2.05, 4.69) is 0 Å². The van der Waals surface area contributed by atoms with Gasteiger partial charge in [-0.25, -0.2) is 0 Å². The highest BCUT2D eigenvalue weighted by molar-refractivity contribution is 5.46. The highest BCUT2D eigenvalue weighted by Gasteiger charge is 2.26. The first-order valence-corrected chi connectivity index (χ1v) is 5.67. The van der Waals surface area contributed by atoms with E-state index in [0.29, 0.717) is 0 Å². The normalized spacial score (nSPS) is 14.8. The molecule has 0 saturated carbocycles. The zero-order chi connectivity index (χ0) is 12.3. The molecule has 0 spiro atoms. The largest absolute Gasteiger partial charge is 0.483 e. The second-order valence-electron chi connectivity index (χ2n) is 3.99. The minimum Gasteiger partial charge on any atom is -0.483 e. The van der Waals surface area contributed by atoms with Gasteiger partial charge in [0, 0.05) is 0 Å². The van der Waals surface area contributed by atoms with Gasteiger partial charge in [-0.15, -0.1) is 0 Å². The van der Waals surface area contributed by atoms with E-state index in [9.17, 15) is 9.59 Å². The number of rotatable bonds is 6. The second kappa shape index (κ2) is 5.14. The van der Waals surface area contributed by atoms with Crippen molar-refractivity contribution in [3.8, 4) is 11.5 Å². The van der Waals surface area contributed by atoms with Crippen LogP contribution in [0.1, 0.15) is 40.5 Å². The van der Waals surface area contributed by atoms with Crippen molar-refractivity contribution in [2.24, 2.45) is 0 Å². The maximum atomic E-state index is 11.3. The lowest BCUT2D eigenvalue weighted by Crippen LogP contribution is -2.37. The van der Waals surface area contributed by atoms with Crippen LogP contribution in [-0.4, -0.2) is 12.2 Å². The molecule has 0 N–H and O–H groups in total. The predicted octanol–water partition coefficient (Wildman–Crippen LogP) is 1.64. The quantitative estimate of drug-likeness (QED) is 0.692. The SMILES string of the molecule is CC[C@@H](C)Oc1c(O[C@@H](C)CC)c(=O)c1=O. The van der Waals surface area contributed by atoms with E-state index in [1.54, 1.807) is 0 Å². The van der Waals surface area contributed by atoms with Crippen LogP contribution in [0.5, 0.6) is 11.5 Å². The lowest BCUT2D eigenvalue weighted by Gasteiger charge is -2.19. The third-order valence-electron chi connectivity index (χ3n) is 2.61. The minimum atomic E-state index is -0.571. The molecular formula is C12H18O4. The maximum Gasteiger partial charge on any atom is 0.275 e. The van der Waals surface area contributed by atoms with Crippen LogP contribution in [0.15, 0.2) is 9.59 Å². The summed E-state index contributed by atoms with van der Waals surface area (Å²) in [5.74, 6) is 0.194. The Hall–Kier alpha value is -1.32. The summed E-state index contributed by atoms with van der Waals surface area (Å²) in [5, 5.41) is 0. The Morgan fingerprint density at radius 1 is 0.875 bits per heavy atom. The fraction of sp³-hybridized carbons (Fsp3) is 0.667. The fourth-order valence-corrected chi connectivity index (χ4v) is 1.13. The standard InChI is InChI=1S/C12H18O4/c1-5-7(3)15-11-9(13)10(14)12(11)16-8(4)6-2/h7-8H,5-6H2,1-4H3/t7-,8+. The van der Waals surface area contributed by atoms with Crippen LogP contribution in [0.25, 0.3) is 0 Å². The van der Waals surface area contributed by atoms with Gasteiger partial charge in [0.05, 0.1) is 12.2 Å². The van der Waals surface area contributed by atoms with Crippen molar-refractivity contribution in [3.63, 3.8) is 0 Å². The molecule has 90 valence electrons. The van der Waals surface area contributed by atoms with Crippen molar-refractivity contribution in [1.29, 1.82) is 0 Å².